The van der Waals surface area contributed by atoms with Gasteiger partial charge in [-0.1, -0.05) is 12.8 Å². The SMILES string of the molecule is CC(C(=O)NC1CCCC1)N1CCN(c2ncnc3c2cnn3C)CC1. The standard InChI is InChI=1S/C18H27N7O/c1-13(18(26)22-14-5-3-4-6-14)24-7-9-25(10-8-24)17-15-11-21-23(2)16(15)19-12-20-17/h11-14H,3-10H2,1-2H3,(H,22,26). The Balaban J connectivity index is 1.38. The molecule has 3 heterocycles. The Morgan fingerprint density at radius 3 is 2.65 bits per heavy atom. The number of aryl methyl sites for hydroxylation is 1. The minimum atomic E-state index is -0.0819. The Hall–Kier alpha value is -2.22. The fourth-order valence-electron chi connectivity index (χ4n) is 4.08. The number of aromatic nitrogens is 4. The van der Waals surface area contributed by atoms with Crippen LogP contribution in [0.15, 0.2) is 12.5 Å². The third-order valence-electron chi connectivity index (χ3n) is 5.75. The predicted octanol–water partition coefficient (Wildman–Crippen LogP) is 0.933. The van der Waals surface area contributed by atoms with Crippen molar-refractivity contribution in [3.05, 3.63) is 12.5 Å². The molecule has 0 bridgehead atoms. The van der Waals surface area contributed by atoms with Crippen LogP contribution in [0, 0.1) is 0 Å². The molecular formula is C18H27N7O. The van der Waals surface area contributed by atoms with Gasteiger partial charge in [-0.25, -0.2) is 9.97 Å². The van der Waals surface area contributed by atoms with E-state index in [0.717, 1.165) is 55.9 Å². The molecule has 140 valence electrons. The largest absolute Gasteiger partial charge is 0.353 e. The number of carbonyl (C=O) groups is 1. The lowest BCUT2D eigenvalue weighted by Crippen LogP contribution is -2.55. The van der Waals surface area contributed by atoms with Gasteiger partial charge in [0.2, 0.25) is 5.91 Å². The molecule has 0 radical (unpaired) electrons. The molecule has 2 aromatic rings. The molecule has 2 aromatic heterocycles. The van der Waals surface area contributed by atoms with E-state index in [0.29, 0.717) is 6.04 Å². The molecule has 2 fully saturated rings. The van der Waals surface area contributed by atoms with Crippen molar-refractivity contribution >= 4 is 22.8 Å². The number of nitrogens with one attached hydrogen (secondary N) is 1. The first kappa shape index (κ1) is 17.2. The van der Waals surface area contributed by atoms with Crippen molar-refractivity contribution in [2.75, 3.05) is 31.1 Å². The summed E-state index contributed by atoms with van der Waals surface area (Å²) in [6.45, 7) is 5.42. The van der Waals surface area contributed by atoms with Crippen LogP contribution in [-0.4, -0.2) is 68.8 Å². The second-order valence-corrected chi connectivity index (χ2v) is 7.39. The third kappa shape index (κ3) is 3.25. The molecule has 1 atom stereocenters. The summed E-state index contributed by atoms with van der Waals surface area (Å²) in [6, 6.07) is 0.299. The van der Waals surface area contributed by atoms with Gasteiger partial charge in [0.05, 0.1) is 17.6 Å². The molecule has 1 aliphatic heterocycles. The fraction of sp³-hybridized carbons (Fsp3) is 0.667. The number of carbonyl (C=O) groups excluding carboxylic acids is 1. The lowest BCUT2D eigenvalue weighted by atomic mass is 10.2. The maximum atomic E-state index is 12.5. The maximum Gasteiger partial charge on any atom is 0.237 e. The molecule has 0 spiro atoms. The predicted molar refractivity (Wildman–Crippen MR) is 100.0 cm³/mol. The zero-order valence-corrected chi connectivity index (χ0v) is 15.6. The van der Waals surface area contributed by atoms with Crippen LogP contribution >= 0.6 is 0 Å². The number of hydrogen-bond acceptors (Lipinski definition) is 6. The summed E-state index contributed by atoms with van der Waals surface area (Å²) in [4.78, 5) is 25.9. The Morgan fingerprint density at radius 2 is 1.92 bits per heavy atom. The molecule has 0 aromatic carbocycles. The number of nitrogens with zero attached hydrogens (tertiary/aromatic N) is 6. The van der Waals surface area contributed by atoms with Gasteiger partial charge in [-0.3, -0.25) is 14.4 Å². The second-order valence-electron chi connectivity index (χ2n) is 7.39. The Morgan fingerprint density at radius 1 is 1.19 bits per heavy atom. The smallest absolute Gasteiger partial charge is 0.237 e. The van der Waals surface area contributed by atoms with Crippen LogP contribution in [0.25, 0.3) is 11.0 Å². The Kier molecular flexibility index (Phi) is 4.76. The van der Waals surface area contributed by atoms with E-state index in [2.05, 4.69) is 30.2 Å². The highest BCUT2D eigenvalue weighted by Gasteiger charge is 2.28. The van der Waals surface area contributed by atoms with Crippen LogP contribution in [0.3, 0.4) is 0 Å². The van der Waals surface area contributed by atoms with Crippen molar-refractivity contribution < 1.29 is 4.79 Å². The summed E-state index contributed by atoms with van der Waals surface area (Å²) in [5, 5.41) is 8.49. The lowest BCUT2D eigenvalue weighted by molar-refractivity contribution is -0.126. The van der Waals surface area contributed by atoms with Gasteiger partial charge in [0, 0.05) is 39.3 Å². The van der Waals surface area contributed by atoms with Gasteiger partial charge < -0.3 is 10.2 Å². The van der Waals surface area contributed by atoms with Crippen molar-refractivity contribution in [3.8, 4) is 0 Å². The van der Waals surface area contributed by atoms with Crippen LogP contribution in [0.5, 0.6) is 0 Å². The van der Waals surface area contributed by atoms with Crippen LogP contribution in [-0.2, 0) is 11.8 Å². The number of rotatable bonds is 4. The summed E-state index contributed by atoms with van der Waals surface area (Å²) in [7, 11) is 1.89. The summed E-state index contributed by atoms with van der Waals surface area (Å²) in [6.07, 6.45) is 8.15. The molecule has 1 saturated heterocycles. The summed E-state index contributed by atoms with van der Waals surface area (Å²) >= 11 is 0. The van der Waals surface area contributed by atoms with Gasteiger partial charge in [0.15, 0.2) is 5.65 Å². The molecule has 8 nitrogen and oxygen atoms in total. The van der Waals surface area contributed by atoms with E-state index >= 15 is 0 Å². The highest BCUT2D eigenvalue weighted by molar-refractivity contribution is 5.86. The number of anilines is 1. The summed E-state index contributed by atoms with van der Waals surface area (Å²) < 4.78 is 1.77. The molecule has 1 unspecified atom stereocenters. The van der Waals surface area contributed by atoms with Gasteiger partial charge >= 0.3 is 0 Å². The van der Waals surface area contributed by atoms with Crippen molar-refractivity contribution in [1.29, 1.82) is 0 Å². The molecule has 26 heavy (non-hydrogen) atoms. The van der Waals surface area contributed by atoms with E-state index in [1.165, 1.54) is 12.8 Å². The molecule has 1 N–H and O–H groups in total. The zero-order valence-electron chi connectivity index (χ0n) is 15.6. The summed E-state index contributed by atoms with van der Waals surface area (Å²) in [5.41, 5.74) is 0.849. The quantitative estimate of drug-likeness (QED) is 0.877. The normalized spacial score (nSPS) is 20.6. The number of piperazine rings is 1. The van der Waals surface area contributed by atoms with Gasteiger partial charge in [-0.05, 0) is 19.8 Å². The zero-order chi connectivity index (χ0) is 18.1. The molecule has 2 aliphatic rings. The second kappa shape index (κ2) is 7.19. The first-order valence-electron chi connectivity index (χ1n) is 9.55. The minimum Gasteiger partial charge on any atom is -0.353 e. The van der Waals surface area contributed by atoms with Crippen molar-refractivity contribution in [2.24, 2.45) is 7.05 Å². The lowest BCUT2D eigenvalue weighted by Gasteiger charge is -2.38. The van der Waals surface area contributed by atoms with E-state index in [1.807, 2.05) is 20.2 Å². The minimum absolute atomic E-state index is 0.0819. The number of hydrogen-bond donors (Lipinski definition) is 1. The van der Waals surface area contributed by atoms with Gasteiger partial charge in [-0.2, -0.15) is 5.10 Å². The van der Waals surface area contributed by atoms with Crippen molar-refractivity contribution in [3.63, 3.8) is 0 Å². The van der Waals surface area contributed by atoms with Crippen molar-refractivity contribution in [2.45, 2.75) is 44.7 Å². The van der Waals surface area contributed by atoms with E-state index in [9.17, 15) is 4.79 Å². The van der Waals surface area contributed by atoms with Crippen LogP contribution < -0.4 is 10.2 Å². The molecule has 1 saturated carbocycles. The van der Waals surface area contributed by atoms with E-state index in [4.69, 9.17) is 0 Å². The van der Waals surface area contributed by atoms with Crippen LogP contribution in [0.4, 0.5) is 5.82 Å². The van der Waals surface area contributed by atoms with E-state index in [1.54, 1.807) is 11.0 Å². The fourth-order valence-corrected chi connectivity index (χ4v) is 4.08. The topological polar surface area (TPSA) is 79.2 Å². The molecular weight excluding hydrogens is 330 g/mol. The Labute approximate surface area is 153 Å². The van der Waals surface area contributed by atoms with E-state index < -0.39 is 0 Å². The van der Waals surface area contributed by atoms with Gasteiger partial charge in [0.1, 0.15) is 12.1 Å². The monoisotopic (exact) mass is 357 g/mol. The molecule has 1 aliphatic carbocycles. The first-order valence-corrected chi connectivity index (χ1v) is 9.55. The summed E-state index contributed by atoms with van der Waals surface area (Å²) in [5.74, 6) is 1.10. The number of fused-ring (bicyclic) bond motifs is 1. The average Bonchev–Trinajstić information content (AvgIpc) is 3.31. The van der Waals surface area contributed by atoms with Crippen LogP contribution in [0.1, 0.15) is 32.6 Å². The van der Waals surface area contributed by atoms with Crippen LogP contribution in [0.2, 0.25) is 0 Å². The van der Waals surface area contributed by atoms with Crippen molar-refractivity contribution in [1.82, 2.24) is 30.0 Å². The highest BCUT2D eigenvalue weighted by atomic mass is 16.2. The van der Waals surface area contributed by atoms with E-state index in [-0.39, 0.29) is 11.9 Å². The van der Waals surface area contributed by atoms with Gasteiger partial charge in [-0.15, -0.1) is 0 Å². The molecule has 4 rings (SSSR count). The molecule has 1 amide bonds. The van der Waals surface area contributed by atoms with Gasteiger partial charge in [0.25, 0.3) is 0 Å². The maximum absolute atomic E-state index is 12.5. The number of amides is 1. The first-order chi connectivity index (χ1) is 12.6. The average molecular weight is 357 g/mol. The third-order valence-corrected chi connectivity index (χ3v) is 5.75. The molecule has 8 heteroatoms. The Bertz CT molecular complexity index is 775. The highest BCUT2D eigenvalue weighted by Crippen LogP contribution is 2.24.